The van der Waals surface area contributed by atoms with Crippen molar-refractivity contribution in [2.45, 2.75) is 25.9 Å². The quantitative estimate of drug-likeness (QED) is 0.666. The van der Waals surface area contributed by atoms with Crippen LogP contribution in [0.15, 0.2) is 48.5 Å². The molecule has 2 heterocycles. The van der Waals surface area contributed by atoms with Gasteiger partial charge < -0.3 is 20.7 Å². The van der Waals surface area contributed by atoms with Crippen LogP contribution < -0.4 is 20.7 Å². The van der Waals surface area contributed by atoms with Gasteiger partial charge in [-0.15, -0.1) is 10.2 Å². The predicted molar refractivity (Wildman–Crippen MR) is 110 cm³/mol. The van der Waals surface area contributed by atoms with Crippen molar-refractivity contribution in [2.24, 2.45) is 5.73 Å². The number of nitrogens with zero attached hydrogens (tertiary/aromatic N) is 4. The van der Waals surface area contributed by atoms with Gasteiger partial charge in [0.2, 0.25) is 5.91 Å². The van der Waals surface area contributed by atoms with Gasteiger partial charge in [-0.25, -0.2) is 0 Å². The Bertz CT molecular complexity index is 1040. The maximum Gasteiger partial charge on any atom is 0.276 e. The van der Waals surface area contributed by atoms with Gasteiger partial charge in [0, 0.05) is 23.8 Å². The molecule has 1 aromatic heterocycles. The zero-order valence-corrected chi connectivity index (χ0v) is 16.3. The molecule has 0 spiro atoms. The Morgan fingerprint density at radius 2 is 2.00 bits per heavy atom. The third kappa shape index (κ3) is 3.56. The third-order valence-electron chi connectivity index (χ3n) is 4.97. The zero-order valence-electron chi connectivity index (χ0n) is 16.3. The summed E-state index contributed by atoms with van der Waals surface area (Å²) < 4.78 is 5.32. The van der Waals surface area contributed by atoms with E-state index in [4.69, 9.17) is 10.5 Å². The molecule has 0 saturated carbocycles. The molecule has 3 aromatic rings. The van der Waals surface area contributed by atoms with E-state index in [0.717, 1.165) is 16.8 Å². The van der Waals surface area contributed by atoms with Gasteiger partial charge in [0.25, 0.3) is 11.8 Å². The minimum atomic E-state index is -0.435. The Morgan fingerprint density at radius 3 is 2.72 bits per heavy atom. The van der Waals surface area contributed by atoms with Crippen LogP contribution in [0.1, 0.15) is 28.4 Å². The molecular formula is C21H22N6O2. The molecular weight excluding hydrogens is 368 g/mol. The SMILES string of the molecule is COc1nnc(N2c3cccc(C(N)=O)c3CC2C)nc1NCc1ccccc1. The number of rotatable bonds is 6. The average Bonchev–Trinajstić information content (AvgIpc) is 3.08. The number of amides is 1. The summed E-state index contributed by atoms with van der Waals surface area (Å²) in [6, 6.07) is 15.6. The van der Waals surface area contributed by atoms with E-state index < -0.39 is 5.91 Å². The van der Waals surface area contributed by atoms with Crippen LogP contribution in [-0.2, 0) is 13.0 Å². The minimum absolute atomic E-state index is 0.0580. The van der Waals surface area contributed by atoms with Crippen LogP contribution in [-0.4, -0.2) is 34.2 Å². The summed E-state index contributed by atoms with van der Waals surface area (Å²) in [4.78, 5) is 18.4. The summed E-state index contributed by atoms with van der Waals surface area (Å²) in [5, 5.41) is 11.7. The van der Waals surface area contributed by atoms with E-state index in [0.29, 0.717) is 36.2 Å². The van der Waals surface area contributed by atoms with Crippen LogP contribution in [0.3, 0.4) is 0 Å². The Morgan fingerprint density at radius 1 is 1.21 bits per heavy atom. The molecule has 1 unspecified atom stereocenters. The lowest BCUT2D eigenvalue weighted by molar-refractivity contribution is 0.0999. The number of nitrogens with two attached hydrogens (primary N) is 1. The maximum atomic E-state index is 11.8. The largest absolute Gasteiger partial charge is 0.477 e. The number of aromatic nitrogens is 3. The molecule has 3 N–H and O–H groups in total. The number of hydrogen-bond donors (Lipinski definition) is 2. The van der Waals surface area contributed by atoms with Crippen LogP contribution in [0, 0.1) is 0 Å². The Kier molecular flexibility index (Phi) is 4.99. The van der Waals surface area contributed by atoms with Crippen molar-refractivity contribution in [1.29, 1.82) is 0 Å². The molecule has 8 nitrogen and oxygen atoms in total. The fourth-order valence-corrected chi connectivity index (χ4v) is 3.62. The molecule has 0 bridgehead atoms. The molecule has 29 heavy (non-hydrogen) atoms. The first-order valence-corrected chi connectivity index (χ1v) is 9.36. The number of carbonyl (C=O) groups excluding carboxylic acids is 1. The second-order valence-electron chi connectivity index (χ2n) is 6.90. The number of anilines is 3. The molecule has 148 valence electrons. The summed E-state index contributed by atoms with van der Waals surface area (Å²) in [5.41, 5.74) is 8.96. The van der Waals surface area contributed by atoms with Crippen LogP contribution >= 0.6 is 0 Å². The summed E-state index contributed by atoms with van der Waals surface area (Å²) in [5.74, 6) is 0.833. The Hall–Kier alpha value is -3.68. The van der Waals surface area contributed by atoms with Gasteiger partial charge in [-0.3, -0.25) is 4.79 Å². The average molecular weight is 390 g/mol. The fourth-order valence-electron chi connectivity index (χ4n) is 3.62. The lowest BCUT2D eigenvalue weighted by Gasteiger charge is -2.23. The van der Waals surface area contributed by atoms with Gasteiger partial charge in [0.15, 0.2) is 5.82 Å². The highest BCUT2D eigenvalue weighted by molar-refractivity contribution is 5.97. The van der Waals surface area contributed by atoms with E-state index >= 15 is 0 Å². The highest BCUT2D eigenvalue weighted by Crippen LogP contribution is 2.39. The van der Waals surface area contributed by atoms with Crippen molar-refractivity contribution in [3.63, 3.8) is 0 Å². The molecule has 0 saturated heterocycles. The van der Waals surface area contributed by atoms with Crippen LogP contribution in [0.5, 0.6) is 5.88 Å². The van der Waals surface area contributed by atoms with Crippen LogP contribution in [0.2, 0.25) is 0 Å². The molecule has 8 heteroatoms. The molecule has 1 aliphatic rings. The Balaban J connectivity index is 1.68. The van der Waals surface area contributed by atoms with E-state index in [-0.39, 0.29) is 6.04 Å². The highest BCUT2D eigenvalue weighted by Gasteiger charge is 2.32. The van der Waals surface area contributed by atoms with E-state index in [1.54, 1.807) is 6.07 Å². The smallest absolute Gasteiger partial charge is 0.276 e. The second-order valence-corrected chi connectivity index (χ2v) is 6.90. The van der Waals surface area contributed by atoms with Crippen molar-refractivity contribution in [1.82, 2.24) is 15.2 Å². The van der Waals surface area contributed by atoms with Gasteiger partial charge in [-0.2, -0.15) is 4.98 Å². The summed E-state index contributed by atoms with van der Waals surface area (Å²) in [7, 11) is 1.53. The standard InChI is InChI=1S/C21H22N6O2/c1-13-11-16-15(18(22)28)9-6-10-17(16)27(13)21-24-19(20(29-2)25-26-21)23-12-14-7-4-3-5-8-14/h3-10,13H,11-12H2,1-2H3,(H2,22,28)(H,23,24,26). The number of methoxy groups -OCH3 is 1. The first-order valence-electron chi connectivity index (χ1n) is 9.36. The normalized spacial score (nSPS) is 15.1. The van der Waals surface area contributed by atoms with Gasteiger partial charge in [-0.1, -0.05) is 36.4 Å². The topological polar surface area (TPSA) is 106 Å². The number of benzene rings is 2. The Labute approximate surface area is 168 Å². The minimum Gasteiger partial charge on any atom is -0.477 e. The number of hydrogen-bond acceptors (Lipinski definition) is 7. The van der Waals surface area contributed by atoms with Crippen LogP contribution in [0.4, 0.5) is 17.5 Å². The van der Waals surface area contributed by atoms with Crippen LogP contribution in [0.25, 0.3) is 0 Å². The summed E-state index contributed by atoms with van der Waals surface area (Å²) in [6.45, 7) is 2.63. The van der Waals surface area contributed by atoms with Crippen molar-refractivity contribution < 1.29 is 9.53 Å². The van der Waals surface area contributed by atoms with E-state index in [9.17, 15) is 4.79 Å². The van der Waals surface area contributed by atoms with Crippen molar-refractivity contribution in [3.05, 3.63) is 65.2 Å². The van der Waals surface area contributed by atoms with Gasteiger partial charge in [0.1, 0.15) is 0 Å². The first-order chi connectivity index (χ1) is 14.1. The zero-order chi connectivity index (χ0) is 20.4. The van der Waals surface area contributed by atoms with E-state index in [1.165, 1.54) is 7.11 Å². The van der Waals surface area contributed by atoms with Gasteiger partial charge in [0.05, 0.1) is 7.11 Å². The predicted octanol–water partition coefficient (Wildman–Crippen LogP) is 2.67. The summed E-state index contributed by atoms with van der Waals surface area (Å²) in [6.07, 6.45) is 0.677. The first kappa shape index (κ1) is 18.7. The number of ether oxygens (including phenoxy) is 1. The van der Waals surface area contributed by atoms with Gasteiger partial charge >= 0.3 is 0 Å². The van der Waals surface area contributed by atoms with Crippen molar-refractivity contribution in [2.75, 3.05) is 17.3 Å². The number of primary amides is 1. The third-order valence-corrected chi connectivity index (χ3v) is 4.97. The maximum absolute atomic E-state index is 11.8. The van der Waals surface area contributed by atoms with E-state index in [1.807, 2.05) is 47.4 Å². The number of carbonyl (C=O) groups is 1. The number of fused-ring (bicyclic) bond motifs is 1. The van der Waals surface area contributed by atoms with E-state index in [2.05, 4.69) is 27.4 Å². The lowest BCUT2D eigenvalue weighted by atomic mass is 10.0. The highest BCUT2D eigenvalue weighted by atomic mass is 16.5. The molecule has 1 aliphatic heterocycles. The molecule has 0 radical (unpaired) electrons. The molecule has 1 amide bonds. The molecule has 1 atom stereocenters. The fraction of sp³-hybridized carbons (Fsp3) is 0.238. The lowest BCUT2D eigenvalue weighted by Crippen LogP contribution is -2.26. The summed E-state index contributed by atoms with van der Waals surface area (Å²) >= 11 is 0. The molecule has 0 fully saturated rings. The van der Waals surface area contributed by atoms with Crippen molar-refractivity contribution in [3.8, 4) is 5.88 Å². The van der Waals surface area contributed by atoms with Gasteiger partial charge in [-0.05, 0) is 36.6 Å². The van der Waals surface area contributed by atoms with Crippen molar-refractivity contribution >= 4 is 23.4 Å². The molecule has 2 aromatic carbocycles. The second kappa shape index (κ2) is 7.75. The number of nitrogens with one attached hydrogen (secondary N) is 1. The monoisotopic (exact) mass is 390 g/mol. The molecule has 4 rings (SSSR count). The molecule has 0 aliphatic carbocycles.